The highest BCUT2D eigenvalue weighted by molar-refractivity contribution is 5.87. The largest absolute Gasteiger partial charge is 0.478 e. The van der Waals surface area contributed by atoms with E-state index in [4.69, 9.17) is 10.5 Å². The van der Waals surface area contributed by atoms with Crippen LogP contribution < -0.4 is 21.7 Å². The summed E-state index contributed by atoms with van der Waals surface area (Å²) in [5.74, 6) is -2.49. The summed E-state index contributed by atoms with van der Waals surface area (Å²) in [5.41, 5.74) is 1.74. The number of amides is 2. The summed E-state index contributed by atoms with van der Waals surface area (Å²) < 4.78 is 4.95. The number of carbonyl (C=O) groups excluding carboxylic acids is 2. The molecule has 0 bridgehead atoms. The minimum atomic E-state index is -1.89. The molecule has 0 unspecified atom stereocenters. The number of nitrogens with one attached hydrogen (secondary N) is 3. The number of alkyl carbamates (subject to hydrolysis) is 1. The summed E-state index contributed by atoms with van der Waals surface area (Å²) in [4.78, 5) is 55.5. The second-order valence-electron chi connectivity index (χ2n) is 7.23. The molecule has 0 aliphatic rings. The maximum atomic E-state index is 11.9. The number of carbonyl (C=O) groups is 3. The lowest BCUT2D eigenvalue weighted by atomic mass is 10.1. The topological polar surface area (TPSA) is 229 Å². The quantitative estimate of drug-likeness (QED) is 0.207. The molecule has 0 spiro atoms. The number of nitro benzene ring substituents is 2. The van der Waals surface area contributed by atoms with Gasteiger partial charge in [-0.15, -0.1) is 0 Å². The minimum Gasteiger partial charge on any atom is -0.478 e. The molecule has 15 heteroatoms. The Morgan fingerprint density at radius 3 is 1.94 bits per heavy atom. The van der Waals surface area contributed by atoms with Gasteiger partial charge in [0.05, 0.1) is 15.9 Å². The summed E-state index contributed by atoms with van der Waals surface area (Å²) in [6.45, 7) is 5.91. The number of benzene rings is 1. The molecule has 31 heavy (non-hydrogen) atoms. The van der Waals surface area contributed by atoms with Gasteiger partial charge in [0.2, 0.25) is 12.1 Å². The third kappa shape index (κ3) is 7.30. The zero-order valence-electron chi connectivity index (χ0n) is 17.0. The number of hydrogen-bond acceptors (Lipinski definition) is 10. The number of carboxylic acids is 1. The predicted molar refractivity (Wildman–Crippen MR) is 106 cm³/mol. The third-order valence-electron chi connectivity index (χ3n) is 3.51. The van der Waals surface area contributed by atoms with Crippen LogP contribution in [0.5, 0.6) is 0 Å². The first-order chi connectivity index (χ1) is 14.1. The monoisotopic (exact) mass is 442 g/mol. The van der Waals surface area contributed by atoms with Crippen molar-refractivity contribution in [1.82, 2.24) is 5.32 Å². The molecule has 1 aromatic carbocycles. The molecule has 6 N–H and O–H groups in total. The first-order valence-corrected chi connectivity index (χ1v) is 8.64. The molecular weight excluding hydrogens is 420 g/mol. The number of carboxylic acid groups (broad SMARTS) is 1. The van der Waals surface area contributed by atoms with Gasteiger partial charge in [-0.2, -0.15) is 0 Å². The molecule has 2 amide bonds. The number of nitrogens with two attached hydrogens (primary N) is 1. The standard InChI is InChI=1S/C16H22N6O9/c1-7(12(17)23)18-8-5-9(11(22(29)30)6-10(8)21(27)28)19-13(14(24)25)20-15(26)31-16(2,3)4/h5-7,13,18-19H,1-4H3,(H2,17,23)(H,20,26)(H,24,25)/t7-,13-/m1/s1. The SMILES string of the molecule is C[C@@H](Nc1cc(N[C@H](NC(=O)OC(C)(C)C)C(=O)O)c([N+](=O)[O-])cc1[N+](=O)[O-])C(N)=O. The van der Waals surface area contributed by atoms with Crippen molar-refractivity contribution in [3.63, 3.8) is 0 Å². The predicted octanol–water partition coefficient (Wildman–Crippen LogP) is 1.14. The molecule has 0 saturated heterocycles. The van der Waals surface area contributed by atoms with Gasteiger partial charge < -0.3 is 26.2 Å². The van der Waals surface area contributed by atoms with Crippen LogP contribution in [0.2, 0.25) is 0 Å². The lowest BCUT2D eigenvalue weighted by Gasteiger charge is -2.23. The first-order valence-electron chi connectivity index (χ1n) is 8.64. The van der Waals surface area contributed by atoms with E-state index in [9.17, 15) is 39.7 Å². The minimum absolute atomic E-state index is 0.342. The van der Waals surface area contributed by atoms with Crippen molar-refractivity contribution in [3.05, 3.63) is 32.4 Å². The molecule has 170 valence electrons. The van der Waals surface area contributed by atoms with Crippen LogP contribution in [0.25, 0.3) is 0 Å². The lowest BCUT2D eigenvalue weighted by molar-refractivity contribution is -0.393. The molecule has 1 aromatic rings. The van der Waals surface area contributed by atoms with Crippen molar-refractivity contribution in [2.24, 2.45) is 5.73 Å². The second kappa shape index (κ2) is 9.55. The molecule has 1 rings (SSSR count). The van der Waals surface area contributed by atoms with Crippen molar-refractivity contribution in [3.8, 4) is 0 Å². The van der Waals surface area contributed by atoms with E-state index < -0.39 is 62.7 Å². The van der Waals surface area contributed by atoms with Crippen LogP contribution in [0, 0.1) is 20.2 Å². The Bertz CT molecular complexity index is 912. The van der Waals surface area contributed by atoms with Gasteiger partial charge >= 0.3 is 12.1 Å². The lowest BCUT2D eigenvalue weighted by Crippen LogP contribution is -2.48. The number of hydrogen-bond donors (Lipinski definition) is 5. The molecule has 0 saturated carbocycles. The van der Waals surface area contributed by atoms with Gasteiger partial charge in [-0.05, 0) is 33.8 Å². The van der Waals surface area contributed by atoms with Crippen LogP contribution in [0.1, 0.15) is 27.7 Å². The van der Waals surface area contributed by atoms with Gasteiger partial charge in [0.25, 0.3) is 11.4 Å². The Morgan fingerprint density at radius 2 is 1.55 bits per heavy atom. The fraction of sp³-hybridized carbons (Fsp3) is 0.438. The average Bonchev–Trinajstić information content (AvgIpc) is 2.58. The van der Waals surface area contributed by atoms with Crippen LogP contribution in [0.4, 0.5) is 27.5 Å². The Hall–Kier alpha value is -4.17. The number of primary amides is 1. The fourth-order valence-corrected chi connectivity index (χ4v) is 2.16. The van der Waals surface area contributed by atoms with Crippen LogP contribution in [-0.4, -0.2) is 50.7 Å². The fourth-order valence-electron chi connectivity index (χ4n) is 2.16. The van der Waals surface area contributed by atoms with Gasteiger partial charge in [-0.3, -0.25) is 30.3 Å². The Labute approximate surface area is 175 Å². The van der Waals surface area contributed by atoms with Crippen LogP contribution >= 0.6 is 0 Å². The summed E-state index contributed by atoms with van der Waals surface area (Å²) in [6, 6.07) is 0.343. The normalized spacial score (nSPS) is 12.8. The maximum absolute atomic E-state index is 11.9. The molecule has 0 aliphatic heterocycles. The van der Waals surface area contributed by atoms with E-state index >= 15 is 0 Å². The van der Waals surface area contributed by atoms with Crippen LogP contribution in [0.15, 0.2) is 12.1 Å². The molecule has 15 nitrogen and oxygen atoms in total. The zero-order chi connectivity index (χ0) is 24.1. The van der Waals surface area contributed by atoms with Crippen molar-refractivity contribution >= 4 is 40.7 Å². The summed E-state index contributed by atoms with van der Waals surface area (Å²) >= 11 is 0. The molecule has 2 atom stereocenters. The highest BCUT2D eigenvalue weighted by Gasteiger charge is 2.30. The highest BCUT2D eigenvalue weighted by atomic mass is 16.6. The van der Waals surface area contributed by atoms with E-state index in [0.717, 1.165) is 6.07 Å². The van der Waals surface area contributed by atoms with E-state index in [0.29, 0.717) is 6.07 Å². The Morgan fingerprint density at radius 1 is 1.06 bits per heavy atom. The smallest absolute Gasteiger partial charge is 0.409 e. The summed E-state index contributed by atoms with van der Waals surface area (Å²) in [7, 11) is 0. The van der Waals surface area contributed by atoms with E-state index in [1.165, 1.54) is 27.7 Å². The number of rotatable bonds is 9. The summed E-state index contributed by atoms with van der Waals surface area (Å²) in [5, 5.41) is 38.7. The van der Waals surface area contributed by atoms with Crippen molar-refractivity contribution in [1.29, 1.82) is 0 Å². The van der Waals surface area contributed by atoms with Gasteiger partial charge in [-0.25, -0.2) is 9.59 Å². The third-order valence-corrected chi connectivity index (χ3v) is 3.51. The van der Waals surface area contributed by atoms with Gasteiger partial charge in [-0.1, -0.05) is 0 Å². The number of nitrogens with zero attached hydrogens (tertiary/aromatic N) is 2. The zero-order valence-corrected chi connectivity index (χ0v) is 17.0. The average molecular weight is 442 g/mol. The number of aliphatic carboxylic acids is 1. The molecule has 0 heterocycles. The molecule has 0 fully saturated rings. The maximum Gasteiger partial charge on any atom is 0.409 e. The highest BCUT2D eigenvalue weighted by Crippen LogP contribution is 2.36. The molecule has 0 aromatic heterocycles. The van der Waals surface area contributed by atoms with E-state index in [1.54, 1.807) is 0 Å². The Balaban J connectivity index is 3.40. The molecule has 0 aliphatic carbocycles. The van der Waals surface area contributed by atoms with Gasteiger partial charge in [0.15, 0.2) is 0 Å². The number of anilines is 2. The van der Waals surface area contributed by atoms with Crippen molar-refractivity contribution in [2.45, 2.75) is 45.5 Å². The van der Waals surface area contributed by atoms with E-state index in [1.807, 2.05) is 5.32 Å². The van der Waals surface area contributed by atoms with Gasteiger partial charge in [0.1, 0.15) is 23.0 Å². The van der Waals surface area contributed by atoms with E-state index in [-0.39, 0.29) is 5.69 Å². The number of ether oxygens (including phenoxy) is 1. The van der Waals surface area contributed by atoms with E-state index in [2.05, 4.69) is 10.6 Å². The number of nitro groups is 2. The van der Waals surface area contributed by atoms with Gasteiger partial charge in [0, 0.05) is 0 Å². The molecular formula is C16H22N6O9. The van der Waals surface area contributed by atoms with Crippen LogP contribution in [-0.2, 0) is 14.3 Å². The van der Waals surface area contributed by atoms with Crippen molar-refractivity contribution < 1.29 is 34.1 Å². The van der Waals surface area contributed by atoms with Crippen LogP contribution in [0.3, 0.4) is 0 Å². The Kier molecular flexibility index (Phi) is 7.66. The first kappa shape index (κ1) is 24.9. The summed E-state index contributed by atoms with van der Waals surface area (Å²) in [6.07, 6.45) is -3.02. The second-order valence-corrected chi connectivity index (χ2v) is 7.23. The molecule has 0 radical (unpaired) electrons. The van der Waals surface area contributed by atoms with Crippen molar-refractivity contribution in [2.75, 3.05) is 10.6 Å².